The van der Waals surface area contributed by atoms with Crippen molar-refractivity contribution in [1.29, 1.82) is 0 Å². The molecule has 1 aromatic carbocycles. The molecule has 2 heterocycles. The number of para-hydroxylation sites is 2. The van der Waals surface area contributed by atoms with Gasteiger partial charge in [-0.15, -0.1) is 10.2 Å². The minimum Gasteiger partial charge on any atom is -0.374 e. The summed E-state index contributed by atoms with van der Waals surface area (Å²) in [6.07, 6.45) is 0.892. The van der Waals surface area contributed by atoms with Crippen LogP contribution in [0.5, 0.6) is 0 Å². The molecular weight excluding hydrogens is 246 g/mol. The Morgan fingerprint density at radius 3 is 2.83 bits per heavy atom. The van der Waals surface area contributed by atoms with Crippen LogP contribution in [0.15, 0.2) is 24.3 Å². The third-order valence-corrected chi connectivity index (χ3v) is 3.56. The number of nitrogen functional groups attached to an aromatic ring is 1. The highest BCUT2D eigenvalue weighted by atomic mass is 32.1. The average molecular weight is 259 g/mol. The molecule has 0 amide bonds. The Balaban J connectivity index is 2.09. The van der Waals surface area contributed by atoms with Crippen molar-refractivity contribution in [3.05, 3.63) is 35.1 Å². The minimum atomic E-state index is 0.507. The molecule has 0 aliphatic rings. The number of aryl methyl sites for hydroxylation is 1. The quantitative estimate of drug-likeness (QED) is 0.781. The number of hydrogen-bond donors (Lipinski definition) is 1. The molecule has 3 aromatic rings. The normalized spacial score (nSPS) is 11.2. The Hall–Kier alpha value is -1.95. The molecule has 0 unspecified atom stereocenters. The standard InChI is InChI=1S/C12H13N5S/c1-2-10-14-8-5-3-4-6-9(8)17(10)7-11-15-16-12(13)18-11/h3-6H,2,7H2,1H3,(H2,13,16). The van der Waals surface area contributed by atoms with Crippen molar-refractivity contribution in [1.82, 2.24) is 19.7 Å². The van der Waals surface area contributed by atoms with E-state index in [0.717, 1.165) is 28.3 Å². The van der Waals surface area contributed by atoms with Crippen LogP contribution in [0.4, 0.5) is 5.13 Å². The third-order valence-electron chi connectivity index (χ3n) is 2.83. The van der Waals surface area contributed by atoms with E-state index in [1.54, 1.807) is 0 Å². The van der Waals surface area contributed by atoms with Crippen LogP contribution in [-0.4, -0.2) is 19.7 Å². The van der Waals surface area contributed by atoms with Gasteiger partial charge in [-0.25, -0.2) is 4.98 Å². The Morgan fingerprint density at radius 2 is 2.11 bits per heavy atom. The van der Waals surface area contributed by atoms with E-state index < -0.39 is 0 Å². The number of aromatic nitrogens is 4. The highest BCUT2D eigenvalue weighted by Gasteiger charge is 2.11. The smallest absolute Gasteiger partial charge is 0.203 e. The van der Waals surface area contributed by atoms with Crippen molar-refractivity contribution in [3.8, 4) is 0 Å². The van der Waals surface area contributed by atoms with Gasteiger partial charge in [0.15, 0.2) is 0 Å². The van der Waals surface area contributed by atoms with Crippen LogP contribution in [0.25, 0.3) is 11.0 Å². The number of hydrogen-bond acceptors (Lipinski definition) is 5. The van der Waals surface area contributed by atoms with Crippen LogP contribution in [0, 0.1) is 0 Å². The predicted octanol–water partition coefficient (Wildman–Crippen LogP) is 2.08. The highest BCUT2D eigenvalue weighted by Crippen LogP contribution is 2.20. The summed E-state index contributed by atoms with van der Waals surface area (Å²) in [5.74, 6) is 1.06. The molecular formula is C12H13N5S. The van der Waals surface area contributed by atoms with Crippen LogP contribution in [0.3, 0.4) is 0 Å². The zero-order chi connectivity index (χ0) is 12.5. The zero-order valence-electron chi connectivity index (χ0n) is 10.00. The summed E-state index contributed by atoms with van der Waals surface area (Å²) in [6.45, 7) is 2.78. The van der Waals surface area contributed by atoms with E-state index in [9.17, 15) is 0 Å². The molecule has 3 rings (SSSR count). The van der Waals surface area contributed by atoms with Gasteiger partial charge in [0.1, 0.15) is 10.8 Å². The Bertz CT molecular complexity index is 685. The number of imidazole rings is 1. The Morgan fingerprint density at radius 1 is 1.28 bits per heavy atom. The highest BCUT2D eigenvalue weighted by molar-refractivity contribution is 7.15. The Labute approximate surface area is 108 Å². The topological polar surface area (TPSA) is 69.6 Å². The molecule has 2 N–H and O–H groups in total. The molecule has 6 heteroatoms. The molecule has 0 saturated carbocycles. The van der Waals surface area contributed by atoms with Gasteiger partial charge in [-0.2, -0.15) is 0 Å². The van der Waals surface area contributed by atoms with Gasteiger partial charge in [0.2, 0.25) is 5.13 Å². The van der Waals surface area contributed by atoms with Gasteiger partial charge in [0.25, 0.3) is 0 Å². The van der Waals surface area contributed by atoms with Crippen molar-refractivity contribution in [2.45, 2.75) is 19.9 Å². The van der Waals surface area contributed by atoms with Gasteiger partial charge in [0.05, 0.1) is 17.6 Å². The molecule has 0 aliphatic heterocycles. The van der Waals surface area contributed by atoms with E-state index in [1.807, 2.05) is 18.2 Å². The first-order valence-electron chi connectivity index (χ1n) is 5.80. The third kappa shape index (κ3) is 1.84. The van der Waals surface area contributed by atoms with Crippen molar-refractivity contribution in [3.63, 3.8) is 0 Å². The fourth-order valence-corrected chi connectivity index (χ4v) is 2.64. The van der Waals surface area contributed by atoms with Gasteiger partial charge >= 0.3 is 0 Å². The maximum atomic E-state index is 5.61. The minimum absolute atomic E-state index is 0.507. The van der Waals surface area contributed by atoms with E-state index in [1.165, 1.54) is 11.3 Å². The van der Waals surface area contributed by atoms with Gasteiger partial charge in [-0.1, -0.05) is 30.4 Å². The van der Waals surface area contributed by atoms with Gasteiger partial charge in [0, 0.05) is 6.42 Å². The van der Waals surface area contributed by atoms with Crippen LogP contribution >= 0.6 is 11.3 Å². The summed E-state index contributed by atoms with van der Waals surface area (Å²) in [4.78, 5) is 4.62. The van der Waals surface area contributed by atoms with E-state index in [2.05, 4.69) is 32.7 Å². The Kier molecular flexibility index (Phi) is 2.71. The van der Waals surface area contributed by atoms with Crippen LogP contribution in [0.1, 0.15) is 17.8 Å². The molecule has 0 aliphatic carbocycles. The summed E-state index contributed by atoms with van der Waals surface area (Å²) >= 11 is 1.42. The molecule has 5 nitrogen and oxygen atoms in total. The lowest BCUT2D eigenvalue weighted by molar-refractivity contribution is 0.740. The van der Waals surface area contributed by atoms with Crippen LogP contribution < -0.4 is 5.73 Å². The average Bonchev–Trinajstić information content (AvgIpc) is 2.94. The molecule has 0 radical (unpaired) electrons. The SMILES string of the molecule is CCc1nc2ccccc2n1Cc1nnc(N)s1. The van der Waals surface area contributed by atoms with Crippen LogP contribution in [-0.2, 0) is 13.0 Å². The van der Waals surface area contributed by atoms with Gasteiger partial charge < -0.3 is 10.3 Å². The summed E-state index contributed by atoms with van der Waals surface area (Å²) < 4.78 is 2.18. The molecule has 18 heavy (non-hydrogen) atoms. The van der Waals surface area contributed by atoms with Crippen LogP contribution in [0.2, 0.25) is 0 Å². The van der Waals surface area contributed by atoms with Crippen molar-refractivity contribution >= 4 is 27.5 Å². The number of nitrogens with zero attached hydrogens (tertiary/aromatic N) is 4. The lowest BCUT2D eigenvalue weighted by Gasteiger charge is -2.04. The second-order valence-electron chi connectivity index (χ2n) is 3.99. The lowest BCUT2D eigenvalue weighted by atomic mass is 10.3. The molecule has 0 spiro atoms. The van der Waals surface area contributed by atoms with Crippen molar-refractivity contribution < 1.29 is 0 Å². The first-order valence-corrected chi connectivity index (χ1v) is 6.61. The lowest BCUT2D eigenvalue weighted by Crippen LogP contribution is -2.04. The van der Waals surface area contributed by atoms with Gasteiger partial charge in [-0.3, -0.25) is 0 Å². The maximum absolute atomic E-state index is 5.61. The summed E-state index contributed by atoms with van der Waals surface area (Å²) in [5.41, 5.74) is 7.76. The number of fused-ring (bicyclic) bond motifs is 1. The fourth-order valence-electron chi connectivity index (χ4n) is 2.04. The number of benzene rings is 1. The first kappa shape index (κ1) is 11.2. The monoisotopic (exact) mass is 259 g/mol. The maximum Gasteiger partial charge on any atom is 0.203 e. The predicted molar refractivity (Wildman–Crippen MR) is 72.5 cm³/mol. The summed E-state index contributed by atoms with van der Waals surface area (Å²) in [5, 5.41) is 9.33. The zero-order valence-corrected chi connectivity index (χ0v) is 10.8. The largest absolute Gasteiger partial charge is 0.374 e. The van der Waals surface area contributed by atoms with E-state index in [4.69, 9.17) is 5.73 Å². The van der Waals surface area contributed by atoms with E-state index >= 15 is 0 Å². The molecule has 2 aromatic heterocycles. The van der Waals surface area contributed by atoms with Crippen molar-refractivity contribution in [2.24, 2.45) is 0 Å². The molecule has 0 bridgehead atoms. The summed E-state index contributed by atoms with van der Waals surface area (Å²) in [6, 6.07) is 8.13. The fraction of sp³-hybridized carbons (Fsp3) is 0.250. The number of rotatable bonds is 3. The van der Waals surface area contributed by atoms with Crippen molar-refractivity contribution in [2.75, 3.05) is 5.73 Å². The molecule has 92 valence electrons. The van der Waals surface area contributed by atoms with E-state index in [-0.39, 0.29) is 0 Å². The second-order valence-corrected chi connectivity index (χ2v) is 5.08. The number of anilines is 1. The van der Waals surface area contributed by atoms with Gasteiger partial charge in [-0.05, 0) is 12.1 Å². The molecule has 0 saturated heterocycles. The second kappa shape index (κ2) is 4.38. The summed E-state index contributed by atoms with van der Waals surface area (Å²) in [7, 11) is 0. The molecule has 0 fully saturated rings. The number of nitrogens with two attached hydrogens (primary N) is 1. The van der Waals surface area contributed by atoms with E-state index in [0.29, 0.717) is 11.7 Å². The first-order chi connectivity index (χ1) is 8.78. The molecule has 0 atom stereocenters.